The van der Waals surface area contributed by atoms with Gasteiger partial charge in [0.15, 0.2) is 0 Å². The van der Waals surface area contributed by atoms with Crippen molar-refractivity contribution in [3.05, 3.63) is 0 Å². The number of ether oxygens (including phenoxy) is 3. The molecule has 0 spiro atoms. The topological polar surface area (TPSA) is 65.1 Å². The first-order valence-electron chi connectivity index (χ1n) is 6.07. The molecule has 1 amide bonds. The molecule has 18 heavy (non-hydrogen) atoms. The Morgan fingerprint density at radius 2 is 1.83 bits per heavy atom. The molecule has 0 atom stereocenters. The van der Waals surface area contributed by atoms with Gasteiger partial charge >= 0.3 is 5.97 Å². The van der Waals surface area contributed by atoms with Crippen LogP contribution in [0.4, 0.5) is 0 Å². The summed E-state index contributed by atoms with van der Waals surface area (Å²) < 4.78 is 14.7. The predicted octanol–water partition coefficient (Wildman–Crippen LogP) is 0.451. The van der Waals surface area contributed by atoms with Crippen molar-refractivity contribution in [2.75, 3.05) is 47.1 Å². The number of nitrogens with zero attached hydrogens (tertiary/aromatic N) is 1. The van der Waals surface area contributed by atoms with E-state index < -0.39 is 0 Å². The molecule has 6 heteroatoms. The van der Waals surface area contributed by atoms with Gasteiger partial charge in [0.2, 0.25) is 5.91 Å². The summed E-state index contributed by atoms with van der Waals surface area (Å²) in [6.07, 6.45) is 1.05. The Labute approximate surface area is 108 Å². The average molecular weight is 261 g/mol. The second-order valence-corrected chi connectivity index (χ2v) is 3.75. The third-order valence-electron chi connectivity index (χ3n) is 2.31. The van der Waals surface area contributed by atoms with Gasteiger partial charge in [0.05, 0.1) is 20.1 Å². The number of carbonyl (C=O) groups is 2. The minimum atomic E-state index is -0.334. The van der Waals surface area contributed by atoms with E-state index in [1.54, 1.807) is 12.0 Å². The summed E-state index contributed by atoms with van der Waals surface area (Å²) in [6.45, 7) is 3.77. The molecule has 0 aliphatic heterocycles. The van der Waals surface area contributed by atoms with E-state index in [9.17, 15) is 9.59 Å². The van der Waals surface area contributed by atoms with Crippen LogP contribution >= 0.6 is 0 Å². The number of esters is 1. The van der Waals surface area contributed by atoms with E-state index in [-0.39, 0.29) is 24.9 Å². The fourth-order valence-electron chi connectivity index (χ4n) is 1.29. The molecule has 0 heterocycles. The number of hydrogen-bond donors (Lipinski definition) is 0. The summed E-state index contributed by atoms with van der Waals surface area (Å²) in [5, 5.41) is 0. The van der Waals surface area contributed by atoms with Crippen molar-refractivity contribution in [2.45, 2.75) is 19.8 Å². The van der Waals surface area contributed by atoms with Gasteiger partial charge in [0.25, 0.3) is 0 Å². The highest BCUT2D eigenvalue weighted by molar-refractivity contribution is 5.78. The van der Waals surface area contributed by atoms with Crippen LogP contribution in [0.5, 0.6) is 0 Å². The summed E-state index contributed by atoms with van der Waals surface area (Å²) in [4.78, 5) is 24.4. The fraction of sp³-hybridized carbons (Fsp3) is 0.833. The lowest BCUT2D eigenvalue weighted by Crippen LogP contribution is -2.38. The Balaban J connectivity index is 4.10. The molecule has 0 aromatic rings. The number of carbonyl (C=O) groups excluding carboxylic acids is 2. The van der Waals surface area contributed by atoms with Crippen LogP contribution in [0.1, 0.15) is 19.8 Å². The highest BCUT2D eigenvalue weighted by atomic mass is 16.5. The van der Waals surface area contributed by atoms with Gasteiger partial charge in [-0.2, -0.15) is 0 Å². The Morgan fingerprint density at radius 1 is 1.11 bits per heavy atom. The van der Waals surface area contributed by atoms with Crippen molar-refractivity contribution in [1.82, 2.24) is 4.90 Å². The Bertz CT molecular complexity index is 245. The molecule has 0 radical (unpaired) electrons. The molecule has 0 aromatic heterocycles. The number of rotatable bonds is 10. The van der Waals surface area contributed by atoms with Crippen LogP contribution < -0.4 is 0 Å². The highest BCUT2D eigenvalue weighted by Gasteiger charge is 2.14. The molecular weight excluding hydrogens is 238 g/mol. The molecule has 0 saturated heterocycles. The molecule has 0 saturated carbocycles. The first-order valence-corrected chi connectivity index (χ1v) is 6.07. The van der Waals surface area contributed by atoms with E-state index in [0.717, 1.165) is 6.42 Å². The lowest BCUT2D eigenvalue weighted by atomic mass is 10.3. The quantitative estimate of drug-likeness (QED) is 0.422. The van der Waals surface area contributed by atoms with E-state index >= 15 is 0 Å². The van der Waals surface area contributed by atoms with Crippen molar-refractivity contribution < 1.29 is 23.8 Å². The first-order chi connectivity index (χ1) is 8.65. The van der Waals surface area contributed by atoms with Crippen LogP contribution in [-0.2, 0) is 23.8 Å². The summed E-state index contributed by atoms with van der Waals surface area (Å²) in [5.41, 5.74) is 0. The van der Waals surface area contributed by atoms with Gasteiger partial charge in [-0.3, -0.25) is 9.59 Å². The van der Waals surface area contributed by atoms with Gasteiger partial charge in [-0.05, 0) is 6.42 Å². The Kier molecular flexibility index (Phi) is 10.3. The van der Waals surface area contributed by atoms with Gasteiger partial charge in [0, 0.05) is 26.8 Å². The van der Waals surface area contributed by atoms with Gasteiger partial charge < -0.3 is 19.1 Å². The van der Waals surface area contributed by atoms with Crippen molar-refractivity contribution in [1.29, 1.82) is 0 Å². The lowest BCUT2D eigenvalue weighted by Gasteiger charge is -2.21. The molecular formula is C12H23NO5. The van der Waals surface area contributed by atoms with Crippen LogP contribution in [0.15, 0.2) is 0 Å². The smallest absolute Gasteiger partial charge is 0.307 e. The third kappa shape index (κ3) is 8.03. The normalized spacial score (nSPS) is 10.2. The van der Waals surface area contributed by atoms with E-state index in [4.69, 9.17) is 9.47 Å². The molecule has 6 nitrogen and oxygen atoms in total. The standard InChI is InChI=1S/C12H23NO5/c1-4-8-18-10-11(14)13(7-9-16-2)6-5-12(15)17-3/h4-10H2,1-3H3. The monoisotopic (exact) mass is 261 g/mol. The van der Waals surface area contributed by atoms with Crippen LogP contribution in [0.25, 0.3) is 0 Å². The maximum absolute atomic E-state index is 11.8. The molecule has 106 valence electrons. The van der Waals surface area contributed by atoms with E-state index in [2.05, 4.69) is 4.74 Å². The maximum atomic E-state index is 11.8. The number of methoxy groups -OCH3 is 2. The second kappa shape index (κ2) is 11.0. The molecule has 0 aliphatic carbocycles. The van der Waals surface area contributed by atoms with Crippen LogP contribution in [0.2, 0.25) is 0 Å². The van der Waals surface area contributed by atoms with Crippen molar-refractivity contribution in [2.24, 2.45) is 0 Å². The zero-order valence-electron chi connectivity index (χ0n) is 11.4. The average Bonchev–Trinajstić information content (AvgIpc) is 2.38. The predicted molar refractivity (Wildman–Crippen MR) is 66.2 cm³/mol. The highest BCUT2D eigenvalue weighted by Crippen LogP contribution is 1.96. The van der Waals surface area contributed by atoms with Crippen LogP contribution in [-0.4, -0.2) is 63.9 Å². The van der Waals surface area contributed by atoms with E-state index in [1.165, 1.54) is 7.11 Å². The maximum Gasteiger partial charge on any atom is 0.307 e. The summed E-state index contributed by atoms with van der Waals surface area (Å²) in [5.74, 6) is -0.468. The lowest BCUT2D eigenvalue weighted by molar-refractivity contribution is -0.142. The molecule has 0 unspecified atom stereocenters. The summed E-state index contributed by atoms with van der Waals surface area (Å²) in [7, 11) is 2.89. The minimum Gasteiger partial charge on any atom is -0.469 e. The van der Waals surface area contributed by atoms with E-state index in [0.29, 0.717) is 26.3 Å². The summed E-state index contributed by atoms with van der Waals surface area (Å²) in [6, 6.07) is 0. The van der Waals surface area contributed by atoms with Gasteiger partial charge in [-0.1, -0.05) is 6.92 Å². The zero-order valence-corrected chi connectivity index (χ0v) is 11.4. The van der Waals surface area contributed by atoms with Crippen LogP contribution in [0, 0.1) is 0 Å². The van der Waals surface area contributed by atoms with Gasteiger partial charge in [-0.15, -0.1) is 0 Å². The zero-order chi connectivity index (χ0) is 13.8. The molecule has 0 N–H and O–H groups in total. The van der Waals surface area contributed by atoms with Crippen molar-refractivity contribution >= 4 is 11.9 Å². The van der Waals surface area contributed by atoms with E-state index in [1.807, 2.05) is 6.92 Å². The largest absolute Gasteiger partial charge is 0.469 e. The second-order valence-electron chi connectivity index (χ2n) is 3.75. The minimum absolute atomic E-state index is 0.0404. The van der Waals surface area contributed by atoms with Crippen molar-refractivity contribution in [3.63, 3.8) is 0 Å². The summed E-state index contributed by atoms with van der Waals surface area (Å²) >= 11 is 0. The first kappa shape index (κ1) is 16.9. The number of hydrogen-bond acceptors (Lipinski definition) is 5. The molecule has 0 aromatic carbocycles. The van der Waals surface area contributed by atoms with Gasteiger partial charge in [-0.25, -0.2) is 0 Å². The molecule has 0 rings (SSSR count). The van der Waals surface area contributed by atoms with Gasteiger partial charge in [0.1, 0.15) is 6.61 Å². The SMILES string of the molecule is CCCOCC(=O)N(CCOC)CCC(=O)OC. The molecule has 0 bridgehead atoms. The number of amides is 1. The fourth-order valence-corrected chi connectivity index (χ4v) is 1.29. The third-order valence-corrected chi connectivity index (χ3v) is 2.31. The van der Waals surface area contributed by atoms with Crippen molar-refractivity contribution in [3.8, 4) is 0 Å². The van der Waals surface area contributed by atoms with Crippen LogP contribution in [0.3, 0.4) is 0 Å². The molecule has 0 fully saturated rings. The Hall–Kier alpha value is -1.14. The Morgan fingerprint density at radius 3 is 2.39 bits per heavy atom. The molecule has 0 aliphatic rings.